The van der Waals surface area contributed by atoms with E-state index in [1.54, 1.807) is 0 Å². The number of hydrogen-bond donors (Lipinski definition) is 1. The second-order valence-electron chi connectivity index (χ2n) is 5.83. The standard InChI is InChI=1S/C12H12F4O7S/c13-11(14,12(15,16)24(19)20)1-2-21-10(18)6-5-3-4-7(22-5)8(6)23-9(4)17/h4-8,24H,1-3H2. The lowest BCUT2D eigenvalue weighted by atomic mass is 9.82. The number of carbonyl (C=O) groups excluding carboxylic acids is 2. The Labute approximate surface area is 134 Å². The Bertz CT molecular complexity index is 641. The molecule has 0 aromatic heterocycles. The van der Waals surface area contributed by atoms with Crippen LogP contribution < -0.4 is 0 Å². The molecule has 24 heavy (non-hydrogen) atoms. The fraction of sp³-hybridized carbons (Fsp3) is 0.833. The zero-order valence-electron chi connectivity index (χ0n) is 11.8. The minimum atomic E-state index is -5.24. The summed E-state index contributed by atoms with van der Waals surface area (Å²) in [6, 6.07) is 0. The Kier molecular flexibility index (Phi) is 4.02. The molecule has 0 saturated carbocycles. The van der Waals surface area contributed by atoms with Crippen molar-refractivity contribution in [1.29, 1.82) is 0 Å². The maximum Gasteiger partial charge on any atom is 0.404 e. The number of hydrogen-bond acceptors (Lipinski definition) is 7. The SMILES string of the molecule is O=C1OC2C3OC(CC13)C2C(=O)OCCC(F)(F)C(F)(F)[SH](=O)=O. The molecule has 3 heterocycles. The van der Waals surface area contributed by atoms with Crippen LogP contribution in [0.3, 0.4) is 0 Å². The van der Waals surface area contributed by atoms with Crippen molar-refractivity contribution in [2.75, 3.05) is 6.61 Å². The van der Waals surface area contributed by atoms with Gasteiger partial charge in [0.2, 0.25) is 10.7 Å². The number of halogens is 4. The van der Waals surface area contributed by atoms with E-state index >= 15 is 0 Å². The summed E-state index contributed by atoms with van der Waals surface area (Å²) in [6.45, 7) is -1.11. The van der Waals surface area contributed by atoms with E-state index in [1.165, 1.54) is 0 Å². The van der Waals surface area contributed by atoms with Crippen molar-refractivity contribution in [3.8, 4) is 0 Å². The van der Waals surface area contributed by atoms with Gasteiger partial charge in [-0.05, 0) is 6.42 Å². The Morgan fingerprint density at radius 1 is 1.25 bits per heavy atom. The lowest BCUT2D eigenvalue weighted by Gasteiger charge is -2.23. The van der Waals surface area contributed by atoms with Crippen LogP contribution in [0.5, 0.6) is 0 Å². The van der Waals surface area contributed by atoms with Crippen LogP contribution in [-0.2, 0) is 34.5 Å². The number of carbonyl (C=O) groups is 2. The Balaban J connectivity index is 1.57. The molecule has 12 heteroatoms. The number of alkyl halides is 4. The highest BCUT2D eigenvalue weighted by Crippen LogP contribution is 2.49. The van der Waals surface area contributed by atoms with E-state index in [4.69, 9.17) is 9.47 Å². The van der Waals surface area contributed by atoms with E-state index < -0.39 is 77.0 Å². The molecule has 0 aromatic rings. The second kappa shape index (κ2) is 5.55. The number of rotatable bonds is 6. The van der Waals surface area contributed by atoms with Crippen LogP contribution >= 0.6 is 0 Å². The van der Waals surface area contributed by atoms with Crippen molar-refractivity contribution < 1.29 is 49.8 Å². The summed E-state index contributed by atoms with van der Waals surface area (Å²) in [6.07, 6.45) is -3.53. The van der Waals surface area contributed by atoms with Gasteiger partial charge in [-0.15, -0.1) is 0 Å². The fourth-order valence-corrected chi connectivity index (χ4v) is 3.61. The highest BCUT2D eigenvalue weighted by molar-refractivity contribution is 7.73. The van der Waals surface area contributed by atoms with Crippen molar-refractivity contribution in [3.05, 3.63) is 0 Å². The summed E-state index contributed by atoms with van der Waals surface area (Å²) in [5, 5.41) is -5.24. The maximum atomic E-state index is 13.2. The quantitative estimate of drug-likeness (QED) is 0.399. The molecule has 3 fully saturated rings. The van der Waals surface area contributed by atoms with Crippen LogP contribution in [0, 0.1) is 11.8 Å². The maximum absolute atomic E-state index is 13.2. The van der Waals surface area contributed by atoms with E-state index in [0.717, 1.165) is 0 Å². The average molecular weight is 376 g/mol. The van der Waals surface area contributed by atoms with Gasteiger partial charge in [0.25, 0.3) is 0 Å². The molecule has 136 valence electrons. The van der Waals surface area contributed by atoms with Crippen molar-refractivity contribution in [2.45, 2.75) is 42.3 Å². The second-order valence-corrected chi connectivity index (χ2v) is 6.90. The molecule has 7 nitrogen and oxygen atoms in total. The third kappa shape index (κ3) is 2.46. The van der Waals surface area contributed by atoms with Crippen LogP contribution in [0.15, 0.2) is 0 Å². The van der Waals surface area contributed by atoms with Gasteiger partial charge in [0.15, 0.2) is 0 Å². The summed E-state index contributed by atoms with van der Waals surface area (Å²) >= 11 is 0. The van der Waals surface area contributed by atoms with Gasteiger partial charge in [0.05, 0.1) is 25.0 Å². The van der Waals surface area contributed by atoms with Crippen LogP contribution in [0.4, 0.5) is 17.6 Å². The molecule has 0 radical (unpaired) electrons. The molecular weight excluding hydrogens is 364 g/mol. The number of fused-ring (bicyclic) bond motifs is 1. The molecule has 0 spiro atoms. The van der Waals surface area contributed by atoms with Gasteiger partial charge < -0.3 is 14.2 Å². The van der Waals surface area contributed by atoms with Gasteiger partial charge in [-0.25, -0.2) is 8.42 Å². The third-order valence-electron chi connectivity index (χ3n) is 4.45. The Morgan fingerprint density at radius 3 is 2.54 bits per heavy atom. The highest BCUT2D eigenvalue weighted by Gasteiger charge is 2.66. The smallest absolute Gasteiger partial charge is 0.404 e. The lowest BCUT2D eigenvalue weighted by Crippen LogP contribution is -2.43. The summed E-state index contributed by atoms with van der Waals surface area (Å²) in [4.78, 5) is 23.4. The molecule has 0 amide bonds. The molecule has 2 bridgehead atoms. The van der Waals surface area contributed by atoms with E-state index in [9.17, 15) is 35.6 Å². The molecule has 0 aromatic carbocycles. The number of ether oxygens (including phenoxy) is 3. The van der Waals surface area contributed by atoms with Crippen LogP contribution in [0.1, 0.15) is 12.8 Å². The first-order chi connectivity index (χ1) is 11.1. The molecule has 3 aliphatic heterocycles. The van der Waals surface area contributed by atoms with E-state index in [2.05, 4.69) is 4.74 Å². The molecule has 3 saturated heterocycles. The first-order valence-electron chi connectivity index (χ1n) is 6.99. The van der Waals surface area contributed by atoms with Gasteiger partial charge in [-0.3, -0.25) is 9.59 Å². The third-order valence-corrected chi connectivity index (χ3v) is 5.24. The topological polar surface area (TPSA) is 96.0 Å². The zero-order valence-corrected chi connectivity index (χ0v) is 12.7. The van der Waals surface area contributed by atoms with Crippen LogP contribution in [0.2, 0.25) is 0 Å². The Morgan fingerprint density at radius 2 is 1.92 bits per heavy atom. The number of thiol groups is 1. The first-order valence-corrected chi connectivity index (χ1v) is 8.17. The van der Waals surface area contributed by atoms with E-state index in [1.807, 2.05) is 0 Å². The molecule has 0 N–H and O–H groups in total. The fourth-order valence-electron chi connectivity index (χ4n) is 3.23. The van der Waals surface area contributed by atoms with Crippen molar-refractivity contribution in [3.63, 3.8) is 0 Å². The molecule has 5 unspecified atom stereocenters. The summed E-state index contributed by atoms with van der Waals surface area (Å²) in [5.41, 5.74) is 0. The van der Waals surface area contributed by atoms with Gasteiger partial charge in [0, 0.05) is 0 Å². The minimum absolute atomic E-state index is 0.241. The molecular formula is C12H12F4O7S. The largest absolute Gasteiger partial charge is 0.465 e. The minimum Gasteiger partial charge on any atom is -0.465 e. The van der Waals surface area contributed by atoms with Crippen LogP contribution in [-0.4, -0.2) is 56.5 Å². The van der Waals surface area contributed by atoms with Gasteiger partial charge in [0.1, 0.15) is 18.1 Å². The molecule has 3 aliphatic rings. The summed E-state index contributed by atoms with van der Waals surface area (Å²) in [7, 11) is -4.69. The highest BCUT2D eigenvalue weighted by atomic mass is 32.2. The van der Waals surface area contributed by atoms with E-state index in [0.29, 0.717) is 0 Å². The van der Waals surface area contributed by atoms with Crippen molar-refractivity contribution in [1.82, 2.24) is 0 Å². The summed E-state index contributed by atoms with van der Waals surface area (Å²) < 4.78 is 87.5. The molecule has 0 aliphatic carbocycles. The molecule has 5 atom stereocenters. The molecule has 3 rings (SSSR count). The average Bonchev–Trinajstić information content (AvgIpc) is 3.08. The van der Waals surface area contributed by atoms with Crippen molar-refractivity contribution >= 4 is 22.6 Å². The normalized spacial score (nSPS) is 34.7. The summed E-state index contributed by atoms with van der Waals surface area (Å²) in [5.74, 6) is -7.85. The number of esters is 2. The Hall–Kier alpha value is -1.43. The monoisotopic (exact) mass is 376 g/mol. The van der Waals surface area contributed by atoms with Gasteiger partial charge in [-0.2, -0.15) is 17.6 Å². The van der Waals surface area contributed by atoms with Crippen molar-refractivity contribution in [2.24, 2.45) is 11.8 Å². The zero-order chi connectivity index (χ0) is 17.9. The first kappa shape index (κ1) is 17.4. The van der Waals surface area contributed by atoms with E-state index in [-0.39, 0.29) is 6.42 Å². The predicted octanol–water partition coefficient (Wildman–Crippen LogP) is 0.0881. The van der Waals surface area contributed by atoms with Gasteiger partial charge in [-0.1, -0.05) is 0 Å². The van der Waals surface area contributed by atoms with Gasteiger partial charge >= 0.3 is 23.1 Å². The predicted molar refractivity (Wildman–Crippen MR) is 65.9 cm³/mol. The lowest BCUT2D eigenvalue weighted by molar-refractivity contribution is -0.174. The van der Waals surface area contributed by atoms with Crippen LogP contribution in [0.25, 0.3) is 0 Å².